The molecule has 0 radical (unpaired) electrons. The van der Waals surface area contributed by atoms with Crippen molar-refractivity contribution in [1.82, 2.24) is 19.3 Å². The van der Waals surface area contributed by atoms with Gasteiger partial charge in [0.25, 0.3) is 10.0 Å². The van der Waals surface area contributed by atoms with Crippen molar-refractivity contribution >= 4 is 26.0 Å². The summed E-state index contributed by atoms with van der Waals surface area (Å²) in [5.74, 6) is 2.81. The first-order valence-corrected chi connectivity index (χ1v) is 7.69. The summed E-state index contributed by atoms with van der Waals surface area (Å²) < 4.78 is 27.7. The quantitative estimate of drug-likeness (QED) is 0.741. The molecular weight excluding hydrogens is 320 g/mol. The number of rotatable bonds is 5. The van der Waals surface area contributed by atoms with Crippen LogP contribution < -0.4 is 0 Å². The van der Waals surface area contributed by atoms with Crippen LogP contribution in [-0.2, 0) is 17.1 Å². The number of aromatic nitrogens is 3. The van der Waals surface area contributed by atoms with Crippen molar-refractivity contribution in [3.05, 3.63) is 4.60 Å². The van der Waals surface area contributed by atoms with Gasteiger partial charge in [0.1, 0.15) is 0 Å². The molecule has 1 aromatic rings. The molecule has 1 aliphatic carbocycles. The molecule has 18 heavy (non-hydrogen) atoms. The Bertz CT molecular complexity index is 566. The van der Waals surface area contributed by atoms with E-state index in [2.05, 4.69) is 32.2 Å². The molecule has 0 bridgehead atoms. The van der Waals surface area contributed by atoms with Crippen molar-refractivity contribution in [1.29, 1.82) is 0 Å². The lowest BCUT2D eigenvalue weighted by Gasteiger charge is -2.19. The van der Waals surface area contributed by atoms with Crippen LogP contribution in [0.4, 0.5) is 0 Å². The molecule has 2 rings (SSSR count). The lowest BCUT2D eigenvalue weighted by molar-refractivity contribution is 0.423. The molecular formula is C10H13BrN4O2S. The molecule has 0 unspecified atom stereocenters. The predicted octanol–water partition coefficient (Wildman–Crippen LogP) is 0.612. The fraction of sp³-hybridized carbons (Fsp3) is 0.600. The van der Waals surface area contributed by atoms with Crippen molar-refractivity contribution in [3.63, 3.8) is 0 Å². The standard InChI is InChI=1S/C10H13BrN4O2S/c1-3-6-15(7-8-4-5-8)18(16,17)10-9(11)12-13-14(10)2/h1,8H,4-7H2,2H3. The lowest BCUT2D eigenvalue weighted by atomic mass is 10.4. The molecule has 6 nitrogen and oxygen atoms in total. The Hall–Kier alpha value is -0.910. The zero-order chi connectivity index (χ0) is 13.3. The molecule has 0 aromatic carbocycles. The summed E-state index contributed by atoms with van der Waals surface area (Å²) in [5.41, 5.74) is 0. The zero-order valence-electron chi connectivity index (χ0n) is 9.87. The first-order chi connectivity index (χ1) is 8.46. The molecule has 1 saturated carbocycles. The number of hydrogen-bond donors (Lipinski definition) is 0. The Morgan fingerprint density at radius 1 is 1.61 bits per heavy atom. The fourth-order valence-electron chi connectivity index (χ4n) is 1.66. The van der Waals surface area contributed by atoms with Crippen LogP contribution in [0.2, 0.25) is 0 Å². The van der Waals surface area contributed by atoms with Crippen molar-refractivity contribution in [2.75, 3.05) is 13.1 Å². The summed E-state index contributed by atoms with van der Waals surface area (Å²) in [7, 11) is -2.12. The molecule has 98 valence electrons. The van der Waals surface area contributed by atoms with Crippen LogP contribution in [0.1, 0.15) is 12.8 Å². The first-order valence-electron chi connectivity index (χ1n) is 5.45. The van der Waals surface area contributed by atoms with Gasteiger partial charge >= 0.3 is 0 Å². The van der Waals surface area contributed by atoms with Crippen LogP contribution in [0.25, 0.3) is 0 Å². The number of sulfonamides is 1. The van der Waals surface area contributed by atoms with E-state index in [-0.39, 0.29) is 16.2 Å². The molecule has 1 heterocycles. The largest absolute Gasteiger partial charge is 0.263 e. The van der Waals surface area contributed by atoms with Crippen LogP contribution in [0.5, 0.6) is 0 Å². The molecule has 1 fully saturated rings. The fourth-order valence-corrected chi connectivity index (χ4v) is 4.12. The lowest BCUT2D eigenvalue weighted by Crippen LogP contribution is -2.34. The van der Waals surface area contributed by atoms with Gasteiger partial charge in [-0.1, -0.05) is 11.1 Å². The van der Waals surface area contributed by atoms with Gasteiger partial charge in [0.2, 0.25) is 5.03 Å². The minimum absolute atomic E-state index is 0.0402. The molecule has 0 amide bonds. The monoisotopic (exact) mass is 332 g/mol. The molecule has 8 heteroatoms. The van der Waals surface area contributed by atoms with Gasteiger partial charge in [-0.25, -0.2) is 13.1 Å². The maximum atomic E-state index is 12.5. The summed E-state index contributed by atoms with van der Waals surface area (Å²) >= 11 is 3.10. The number of nitrogens with zero attached hydrogens (tertiary/aromatic N) is 4. The van der Waals surface area contributed by atoms with Gasteiger partial charge < -0.3 is 0 Å². The van der Waals surface area contributed by atoms with Crippen molar-refractivity contribution in [2.45, 2.75) is 17.9 Å². The number of halogens is 1. The molecule has 0 saturated heterocycles. The predicted molar refractivity (Wildman–Crippen MR) is 69.0 cm³/mol. The van der Waals surface area contributed by atoms with Crippen molar-refractivity contribution in [3.8, 4) is 12.3 Å². The van der Waals surface area contributed by atoms with Crippen LogP contribution in [0.15, 0.2) is 9.63 Å². The third-order valence-electron chi connectivity index (χ3n) is 2.75. The molecule has 1 aliphatic rings. The highest BCUT2D eigenvalue weighted by molar-refractivity contribution is 9.10. The van der Waals surface area contributed by atoms with Crippen molar-refractivity contribution in [2.24, 2.45) is 13.0 Å². The van der Waals surface area contributed by atoms with Crippen molar-refractivity contribution < 1.29 is 8.42 Å². The highest BCUT2D eigenvalue weighted by Crippen LogP contribution is 2.32. The van der Waals surface area contributed by atoms with Gasteiger partial charge in [-0.05, 0) is 34.7 Å². The molecule has 0 atom stereocenters. The van der Waals surface area contributed by atoms with Gasteiger partial charge in [0, 0.05) is 13.6 Å². The third-order valence-corrected chi connectivity index (χ3v) is 5.45. The van der Waals surface area contributed by atoms with E-state index in [1.807, 2.05) is 0 Å². The second-order valence-corrected chi connectivity index (χ2v) is 6.86. The Kier molecular flexibility index (Phi) is 3.75. The van der Waals surface area contributed by atoms with E-state index in [9.17, 15) is 8.42 Å². The maximum Gasteiger partial charge on any atom is 0.263 e. The van der Waals surface area contributed by atoms with Gasteiger partial charge in [-0.3, -0.25) is 0 Å². The number of aryl methyl sites for hydroxylation is 1. The topological polar surface area (TPSA) is 68.1 Å². The second kappa shape index (κ2) is 4.99. The van der Waals surface area contributed by atoms with Gasteiger partial charge in [-0.2, -0.15) is 4.31 Å². The normalized spacial score (nSPS) is 15.9. The summed E-state index contributed by atoms with van der Waals surface area (Å²) in [4.78, 5) is 0. The summed E-state index contributed by atoms with van der Waals surface area (Å²) in [6, 6.07) is 0. The third kappa shape index (κ3) is 2.58. The van der Waals surface area contributed by atoms with Gasteiger partial charge in [-0.15, -0.1) is 11.5 Å². The minimum Gasteiger partial charge on any atom is -0.235 e. The Morgan fingerprint density at radius 3 is 2.72 bits per heavy atom. The highest BCUT2D eigenvalue weighted by Gasteiger charge is 2.34. The molecule has 0 N–H and O–H groups in total. The molecule has 0 aliphatic heterocycles. The molecule has 0 spiro atoms. The van der Waals surface area contributed by atoms with Gasteiger partial charge in [0.05, 0.1) is 6.54 Å². The SMILES string of the molecule is C#CCN(CC1CC1)S(=O)(=O)c1c(Br)nnn1C. The van der Waals surface area contributed by atoms with E-state index in [0.717, 1.165) is 12.8 Å². The number of terminal acetylenes is 1. The van der Waals surface area contributed by atoms with E-state index < -0.39 is 10.0 Å². The Labute approximate surface area is 115 Å². The smallest absolute Gasteiger partial charge is 0.235 e. The van der Waals surface area contributed by atoms with Gasteiger partial charge in [0.15, 0.2) is 4.60 Å². The zero-order valence-corrected chi connectivity index (χ0v) is 12.3. The van der Waals surface area contributed by atoms with E-state index >= 15 is 0 Å². The van der Waals surface area contributed by atoms with E-state index in [4.69, 9.17) is 6.42 Å². The van der Waals surface area contributed by atoms with Crippen LogP contribution in [0, 0.1) is 18.3 Å². The van der Waals surface area contributed by atoms with E-state index in [1.165, 1.54) is 16.0 Å². The minimum atomic E-state index is -3.65. The average Bonchev–Trinajstić information content (AvgIpc) is 3.03. The van der Waals surface area contributed by atoms with Crippen LogP contribution in [0.3, 0.4) is 0 Å². The Morgan fingerprint density at radius 2 is 2.28 bits per heavy atom. The molecule has 1 aromatic heterocycles. The Balaban J connectivity index is 2.35. The number of hydrogen-bond acceptors (Lipinski definition) is 4. The van der Waals surface area contributed by atoms with E-state index in [0.29, 0.717) is 12.5 Å². The summed E-state index contributed by atoms with van der Waals surface area (Å²) in [6.07, 6.45) is 7.36. The second-order valence-electron chi connectivity index (χ2n) is 4.25. The maximum absolute atomic E-state index is 12.5. The van der Waals surface area contributed by atoms with E-state index in [1.54, 1.807) is 0 Å². The summed E-state index contributed by atoms with van der Waals surface area (Å²) in [6.45, 7) is 0.528. The summed E-state index contributed by atoms with van der Waals surface area (Å²) in [5, 5.41) is 7.41. The van der Waals surface area contributed by atoms with Crippen LogP contribution >= 0.6 is 15.9 Å². The highest BCUT2D eigenvalue weighted by atomic mass is 79.9. The van der Waals surface area contributed by atoms with Crippen LogP contribution in [-0.4, -0.2) is 40.8 Å². The first kappa shape index (κ1) is 13.5. The average molecular weight is 333 g/mol.